The molecule has 0 aromatic rings. The van der Waals surface area contributed by atoms with Crippen LogP contribution in [0.15, 0.2) is 0 Å². The number of alkyl carbamates (subject to hydrolysis) is 1. The number of carbonyl (C=O) groups is 1. The normalized spacial score (nSPS) is 11.6. The highest BCUT2D eigenvalue weighted by Crippen LogP contribution is 2.06. The summed E-state index contributed by atoms with van der Waals surface area (Å²) in [6.07, 6.45) is -1.03. The van der Waals surface area contributed by atoms with Gasteiger partial charge in [-0.25, -0.2) is 4.79 Å². The van der Waals surface area contributed by atoms with E-state index >= 15 is 0 Å². The maximum atomic E-state index is 11.0. The van der Waals surface area contributed by atoms with E-state index in [1.165, 1.54) is 0 Å². The zero-order chi connectivity index (χ0) is 11.2. The summed E-state index contributed by atoms with van der Waals surface area (Å²) in [6, 6.07) is 0. The van der Waals surface area contributed by atoms with E-state index in [1.807, 2.05) is 0 Å². The molecular formula is C9H19NO4. The van der Waals surface area contributed by atoms with Crippen molar-refractivity contribution >= 4 is 6.09 Å². The highest BCUT2D eigenvalue weighted by Gasteiger charge is 2.15. The lowest BCUT2D eigenvalue weighted by atomic mass is 10.2. The molecule has 3 N–H and O–H groups in total. The van der Waals surface area contributed by atoms with Crippen LogP contribution in [0, 0.1) is 0 Å². The van der Waals surface area contributed by atoms with E-state index in [0.717, 1.165) is 0 Å². The molecule has 0 fully saturated rings. The molecule has 1 amide bonds. The number of aliphatic hydroxyl groups excluding tert-OH is 1. The molecule has 0 saturated carbocycles. The van der Waals surface area contributed by atoms with Gasteiger partial charge in [0.25, 0.3) is 0 Å². The Bertz CT molecular complexity index is 174. The molecule has 0 rings (SSSR count). The minimum atomic E-state index is -1.31. The van der Waals surface area contributed by atoms with Gasteiger partial charge in [0.05, 0.1) is 0 Å². The van der Waals surface area contributed by atoms with Crippen LogP contribution in [-0.4, -0.2) is 34.7 Å². The third-order valence-electron chi connectivity index (χ3n) is 1.31. The van der Waals surface area contributed by atoms with E-state index in [-0.39, 0.29) is 6.42 Å². The van der Waals surface area contributed by atoms with Crippen LogP contribution in [0.5, 0.6) is 0 Å². The van der Waals surface area contributed by atoms with Crippen molar-refractivity contribution in [2.45, 2.75) is 45.5 Å². The van der Waals surface area contributed by atoms with Gasteiger partial charge in [-0.2, -0.15) is 0 Å². The predicted octanol–water partition coefficient (Wildman–Crippen LogP) is 0.602. The molecule has 14 heavy (non-hydrogen) atoms. The van der Waals surface area contributed by atoms with Gasteiger partial charge in [0.15, 0.2) is 6.29 Å². The fraction of sp³-hybridized carbons (Fsp3) is 0.889. The van der Waals surface area contributed by atoms with Crippen molar-refractivity contribution in [2.24, 2.45) is 0 Å². The molecule has 0 bridgehead atoms. The van der Waals surface area contributed by atoms with Gasteiger partial charge in [-0.15, -0.1) is 0 Å². The molecule has 0 unspecified atom stereocenters. The SMILES string of the molecule is CC(C)(C)OC(=O)NCCCC(O)O. The van der Waals surface area contributed by atoms with Gasteiger partial charge >= 0.3 is 6.09 Å². The Labute approximate surface area is 84.1 Å². The molecule has 0 heterocycles. The summed E-state index contributed by atoms with van der Waals surface area (Å²) in [7, 11) is 0. The quantitative estimate of drug-likeness (QED) is 0.464. The molecular weight excluding hydrogens is 186 g/mol. The van der Waals surface area contributed by atoms with Crippen LogP contribution in [0.4, 0.5) is 4.79 Å². The molecule has 84 valence electrons. The number of amides is 1. The van der Waals surface area contributed by atoms with Crippen molar-refractivity contribution in [3.63, 3.8) is 0 Å². The highest BCUT2D eigenvalue weighted by atomic mass is 16.6. The van der Waals surface area contributed by atoms with E-state index in [0.29, 0.717) is 13.0 Å². The molecule has 0 saturated heterocycles. The van der Waals surface area contributed by atoms with Gasteiger partial charge in [-0.05, 0) is 33.6 Å². The average molecular weight is 205 g/mol. The van der Waals surface area contributed by atoms with Crippen LogP contribution in [-0.2, 0) is 4.74 Å². The number of nitrogens with one attached hydrogen (secondary N) is 1. The van der Waals surface area contributed by atoms with Gasteiger partial charge in [0.1, 0.15) is 5.60 Å². The molecule has 0 aliphatic rings. The van der Waals surface area contributed by atoms with Gasteiger partial charge in [-0.1, -0.05) is 0 Å². The van der Waals surface area contributed by atoms with Crippen LogP contribution in [0.1, 0.15) is 33.6 Å². The zero-order valence-electron chi connectivity index (χ0n) is 8.91. The molecule has 0 radical (unpaired) electrons. The average Bonchev–Trinajstić information content (AvgIpc) is 1.94. The van der Waals surface area contributed by atoms with E-state index in [9.17, 15) is 4.79 Å². The first kappa shape index (κ1) is 13.2. The molecule has 0 atom stereocenters. The molecule has 0 aromatic heterocycles. The Morgan fingerprint density at radius 3 is 2.43 bits per heavy atom. The first-order chi connectivity index (χ1) is 6.31. The third-order valence-corrected chi connectivity index (χ3v) is 1.31. The lowest BCUT2D eigenvalue weighted by molar-refractivity contribution is -0.0462. The topological polar surface area (TPSA) is 78.8 Å². The van der Waals surface area contributed by atoms with Crippen LogP contribution in [0.3, 0.4) is 0 Å². The maximum absolute atomic E-state index is 11.0. The first-order valence-corrected chi connectivity index (χ1v) is 4.64. The molecule has 0 aliphatic heterocycles. The summed E-state index contributed by atoms with van der Waals surface area (Å²) in [5.41, 5.74) is -0.499. The molecule has 5 heteroatoms. The number of hydrogen-bond acceptors (Lipinski definition) is 4. The Morgan fingerprint density at radius 1 is 1.43 bits per heavy atom. The Hall–Kier alpha value is -0.810. The predicted molar refractivity (Wildman–Crippen MR) is 51.7 cm³/mol. The summed E-state index contributed by atoms with van der Waals surface area (Å²) in [5, 5.41) is 19.5. The highest BCUT2D eigenvalue weighted by molar-refractivity contribution is 5.67. The van der Waals surface area contributed by atoms with Crippen molar-refractivity contribution in [1.82, 2.24) is 5.32 Å². The fourth-order valence-electron chi connectivity index (χ4n) is 0.789. The van der Waals surface area contributed by atoms with Crippen LogP contribution < -0.4 is 5.32 Å². The van der Waals surface area contributed by atoms with Crippen molar-refractivity contribution in [2.75, 3.05) is 6.54 Å². The third kappa shape index (κ3) is 9.28. The minimum absolute atomic E-state index is 0.246. The molecule has 0 aromatic carbocycles. The van der Waals surface area contributed by atoms with Crippen molar-refractivity contribution in [3.05, 3.63) is 0 Å². The summed E-state index contributed by atoms with van der Waals surface area (Å²) in [6.45, 7) is 5.73. The Kier molecular flexibility index (Phi) is 5.49. The van der Waals surface area contributed by atoms with Gasteiger partial charge < -0.3 is 20.3 Å². The largest absolute Gasteiger partial charge is 0.444 e. The zero-order valence-corrected chi connectivity index (χ0v) is 8.91. The van der Waals surface area contributed by atoms with Crippen molar-refractivity contribution < 1.29 is 19.7 Å². The van der Waals surface area contributed by atoms with Crippen molar-refractivity contribution in [3.8, 4) is 0 Å². The van der Waals surface area contributed by atoms with E-state index in [4.69, 9.17) is 14.9 Å². The second-order valence-electron chi connectivity index (χ2n) is 4.05. The van der Waals surface area contributed by atoms with Crippen LogP contribution >= 0.6 is 0 Å². The van der Waals surface area contributed by atoms with E-state index in [2.05, 4.69) is 5.32 Å². The summed E-state index contributed by atoms with van der Waals surface area (Å²) >= 11 is 0. The standard InChI is InChI=1S/C9H19NO4/c1-9(2,3)14-8(13)10-6-4-5-7(11)12/h7,11-12H,4-6H2,1-3H3,(H,10,13). The molecule has 5 nitrogen and oxygen atoms in total. The first-order valence-electron chi connectivity index (χ1n) is 4.64. The monoisotopic (exact) mass is 205 g/mol. The number of hydrogen-bond donors (Lipinski definition) is 3. The smallest absolute Gasteiger partial charge is 0.407 e. The van der Waals surface area contributed by atoms with Gasteiger partial charge in [-0.3, -0.25) is 0 Å². The van der Waals surface area contributed by atoms with Gasteiger partial charge in [0, 0.05) is 6.54 Å². The molecule has 0 aliphatic carbocycles. The second-order valence-corrected chi connectivity index (χ2v) is 4.05. The van der Waals surface area contributed by atoms with Crippen LogP contribution in [0.25, 0.3) is 0 Å². The summed E-state index contributed by atoms with van der Waals surface area (Å²) in [5.74, 6) is 0. The van der Waals surface area contributed by atoms with E-state index in [1.54, 1.807) is 20.8 Å². The summed E-state index contributed by atoms with van der Waals surface area (Å²) in [4.78, 5) is 11.0. The Balaban J connectivity index is 3.46. The van der Waals surface area contributed by atoms with Gasteiger partial charge in [0.2, 0.25) is 0 Å². The Morgan fingerprint density at radius 2 is 2.00 bits per heavy atom. The fourth-order valence-corrected chi connectivity index (χ4v) is 0.789. The number of ether oxygens (including phenoxy) is 1. The number of rotatable bonds is 4. The van der Waals surface area contributed by atoms with Crippen LogP contribution in [0.2, 0.25) is 0 Å². The lowest BCUT2D eigenvalue weighted by Crippen LogP contribution is -2.33. The number of carbonyl (C=O) groups excluding carboxylic acids is 1. The van der Waals surface area contributed by atoms with E-state index < -0.39 is 18.0 Å². The lowest BCUT2D eigenvalue weighted by Gasteiger charge is -2.19. The number of aliphatic hydroxyl groups is 2. The maximum Gasteiger partial charge on any atom is 0.407 e. The van der Waals surface area contributed by atoms with Crippen molar-refractivity contribution in [1.29, 1.82) is 0 Å². The minimum Gasteiger partial charge on any atom is -0.444 e. The summed E-state index contributed by atoms with van der Waals surface area (Å²) < 4.78 is 4.97. The second kappa shape index (κ2) is 5.82. The molecule has 0 spiro atoms.